The number of thioether (sulfide) groups is 1. The molecular formula is C50H68F2N4O10S. The minimum atomic E-state index is -0.609. The molecule has 14 nitrogen and oxygen atoms in total. The number of benzene rings is 2. The Kier molecular flexibility index (Phi) is 22.8. The molecule has 3 amide bonds. The van der Waals surface area contributed by atoms with Crippen LogP contribution in [0.5, 0.6) is 0 Å². The molecule has 368 valence electrons. The van der Waals surface area contributed by atoms with Crippen molar-refractivity contribution in [1.82, 2.24) is 19.4 Å². The van der Waals surface area contributed by atoms with Crippen molar-refractivity contribution in [3.05, 3.63) is 89.9 Å². The molecule has 0 saturated carbocycles. The van der Waals surface area contributed by atoms with Gasteiger partial charge < -0.3 is 33.2 Å². The van der Waals surface area contributed by atoms with Crippen LogP contribution >= 0.6 is 11.8 Å². The molecule has 17 heteroatoms. The number of esters is 1. The summed E-state index contributed by atoms with van der Waals surface area (Å²) in [6, 6.07) is 12.4. The summed E-state index contributed by atoms with van der Waals surface area (Å²) in [4.78, 5) is 70.1. The Morgan fingerprint density at radius 3 is 2.01 bits per heavy atom. The van der Waals surface area contributed by atoms with Crippen molar-refractivity contribution in [1.29, 1.82) is 0 Å². The second kappa shape index (κ2) is 27.9. The zero-order valence-corrected chi connectivity index (χ0v) is 40.7. The average molecular weight is 955 g/mol. The number of unbranched alkanes of at least 4 members (excludes halogenated alkanes) is 1. The maximum atomic E-state index is 15.2. The summed E-state index contributed by atoms with van der Waals surface area (Å²) in [5, 5.41) is 0. The van der Waals surface area contributed by atoms with Gasteiger partial charge in [0.15, 0.2) is 0 Å². The number of amides is 3. The lowest BCUT2D eigenvalue weighted by molar-refractivity contribution is -0.155. The van der Waals surface area contributed by atoms with Crippen molar-refractivity contribution in [2.45, 2.75) is 98.3 Å². The van der Waals surface area contributed by atoms with Crippen molar-refractivity contribution in [2.75, 3.05) is 77.5 Å². The zero-order chi connectivity index (χ0) is 48.8. The van der Waals surface area contributed by atoms with Gasteiger partial charge in [0.1, 0.15) is 28.8 Å². The van der Waals surface area contributed by atoms with Crippen molar-refractivity contribution in [3.63, 3.8) is 0 Å². The fraction of sp³-hybridized carbons (Fsp3) is 0.560. The standard InChI is InChI=1S/C50H68F2N4O10S/c1-49(2,3)47(48-53-42(40-33-38(51)17-18-41(40)52)35-54(48)34-37-13-8-7-9-14-37)56(22-11-10-16-46(61)66-50(4,5)6)45(60)36-67-32-31-65-30-29-64-28-27-63-26-25-62-24-21-39(57)15-12-23-55-43(58)19-20-44(55)59/h7-9,13-14,17-20,33,35,47H,10-12,15-16,21-32,34,36H2,1-6H3/t47-/m0/s1. The van der Waals surface area contributed by atoms with Crippen LogP contribution in [-0.4, -0.2) is 132 Å². The van der Waals surface area contributed by atoms with E-state index < -0.39 is 28.7 Å². The third-order valence-electron chi connectivity index (χ3n) is 10.3. The van der Waals surface area contributed by atoms with Crippen LogP contribution in [0.25, 0.3) is 11.3 Å². The number of hydrogen-bond donors (Lipinski definition) is 0. The van der Waals surface area contributed by atoms with E-state index in [0.717, 1.165) is 28.7 Å². The predicted octanol–water partition coefficient (Wildman–Crippen LogP) is 7.77. The number of rotatable bonds is 31. The van der Waals surface area contributed by atoms with E-state index in [-0.39, 0.29) is 78.9 Å². The lowest BCUT2D eigenvalue weighted by Crippen LogP contribution is -2.44. The fourth-order valence-electron chi connectivity index (χ4n) is 7.23. The summed E-state index contributed by atoms with van der Waals surface area (Å²) in [7, 11) is 0. The third kappa shape index (κ3) is 19.7. The fourth-order valence-corrected chi connectivity index (χ4v) is 7.95. The van der Waals surface area contributed by atoms with Gasteiger partial charge in [0.2, 0.25) is 5.91 Å². The van der Waals surface area contributed by atoms with Crippen LogP contribution in [0.3, 0.4) is 0 Å². The summed E-state index contributed by atoms with van der Waals surface area (Å²) in [6.07, 6.45) is 6.33. The Balaban J connectivity index is 1.24. The molecule has 2 aromatic carbocycles. The molecule has 1 atom stereocenters. The minimum Gasteiger partial charge on any atom is -0.460 e. The Hall–Kier alpha value is -4.81. The van der Waals surface area contributed by atoms with E-state index in [1.54, 1.807) is 6.20 Å². The largest absolute Gasteiger partial charge is 0.460 e. The third-order valence-corrected chi connectivity index (χ3v) is 11.2. The molecule has 0 bridgehead atoms. The van der Waals surface area contributed by atoms with Gasteiger partial charge >= 0.3 is 5.97 Å². The van der Waals surface area contributed by atoms with Crippen molar-refractivity contribution >= 4 is 41.2 Å². The number of hydrogen-bond acceptors (Lipinski definition) is 12. The van der Waals surface area contributed by atoms with E-state index in [9.17, 15) is 28.4 Å². The summed E-state index contributed by atoms with van der Waals surface area (Å²) in [5.41, 5.74) is 0.0790. The van der Waals surface area contributed by atoms with Crippen LogP contribution in [0.2, 0.25) is 0 Å². The lowest BCUT2D eigenvalue weighted by atomic mass is 9.84. The number of imide groups is 1. The molecule has 0 N–H and O–H groups in total. The molecule has 1 aromatic heterocycles. The summed E-state index contributed by atoms with van der Waals surface area (Å²) in [6.45, 7) is 15.3. The number of nitrogens with zero attached hydrogens (tertiary/aromatic N) is 4. The van der Waals surface area contributed by atoms with E-state index in [0.29, 0.717) is 90.2 Å². The first-order chi connectivity index (χ1) is 31.9. The van der Waals surface area contributed by atoms with Gasteiger partial charge in [-0.2, -0.15) is 0 Å². The summed E-state index contributed by atoms with van der Waals surface area (Å²) in [5.74, 6) is -1.08. The average Bonchev–Trinajstić information content (AvgIpc) is 3.81. The number of halogens is 2. The van der Waals surface area contributed by atoms with E-state index in [1.807, 2.05) is 81.3 Å². The first-order valence-corrected chi connectivity index (χ1v) is 24.1. The second-order valence-electron chi connectivity index (χ2n) is 18.2. The number of carbonyl (C=O) groups excluding carboxylic acids is 5. The van der Waals surface area contributed by atoms with Crippen LogP contribution in [0.1, 0.15) is 97.5 Å². The van der Waals surface area contributed by atoms with E-state index >= 15 is 4.39 Å². The summed E-state index contributed by atoms with van der Waals surface area (Å²) < 4.78 is 59.5. The van der Waals surface area contributed by atoms with Crippen LogP contribution < -0.4 is 0 Å². The molecule has 2 heterocycles. The molecule has 0 radical (unpaired) electrons. The molecule has 3 aromatic rings. The number of aromatic nitrogens is 2. The van der Waals surface area contributed by atoms with Gasteiger partial charge in [0.25, 0.3) is 11.8 Å². The van der Waals surface area contributed by atoms with Crippen LogP contribution in [-0.2, 0) is 54.2 Å². The quantitative estimate of drug-likeness (QED) is 0.0352. The topological polar surface area (TPSA) is 156 Å². The van der Waals surface area contributed by atoms with Gasteiger partial charge in [-0.25, -0.2) is 13.8 Å². The first-order valence-electron chi connectivity index (χ1n) is 22.9. The lowest BCUT2D eigenvalue weighted by Gasteiger charge is -2.40. The summed E-state index contributed by atoms with van der Waals surface area (Å²) >= 11 is 1.44. The highest BCUT2D eigenvalue weighted by Gasteiger charge is 2.38. The maximum Gasteiger partial charge on any atom is 0.306 e. The molecule has 1 aliphatic rings. The van der Waals surface area contributed by atoms with E-state index in [4.69, 9.17) is 28.7 Å². The number of ether oxygens (including phenoxy) is 5. The van der Waals surface area contributed by atoms with E-state index in [2.05, 4.69) is 0 Å². The highest BCUT2D eigenvalue weighted by molar-refractivity contribution is 7.99. The van der Waals surface area contributed by atoms with Gasteiger partial charge in [-0.05, 0) is 69.2 Å². The number of Topliss-reactive ketones (excluding diaryl/α,β-unsaturated/α-hetero) is 1. The highest BCUT2D eigenvalue weighted by Crippen LogP contribution is 2.40. The predicted molar refractivity (Wildman–Crippen MR) is 252 cm³/mol. The maximum absolute atomic E-state index is 15.2. The Morgan fingerprint density at radius 1 is 0.761 bits per heavy atom. The normalized spacial score (nSPS) is 13.4. The Bertz CT molecular complexity index is 2070. The van der Waals surface area contributed by atoms with Crippen molar-refractivity contribution < 1.29 is 56.4 Å². The number of ketones is 1. The van der Waals surface area contributed by atoms with Crippen LogP contribution in [0.4, 0.5) is 8.78 Å². The van der Waals surface area contributed by atoms with Crippen LogP contribution in [0.15, 0.2) is 66.9 Å². The first kappa shape index (κ1) is 54.8. The molecule has 0 spiro atoms. The van der Waals surface area contributed by atoms with Crippen molar-refractivity contribution in [2.24, 2.45) is 5.41 Å². The zero-order valence-electron chi connectivity index (χ0n) is 39.9. The van der Waals surface area contributed by atoms with Gasteiger partial charge in [0.05, 0.1) is 70.3 Å². The molecule has 0 fully saturated rings. The molecule has 0 unspecified atom stereocenters. The Morgan fingerprint density at radius 2 is 1.39 bits per heavy atom. The van der Waals surface area contributed by atoms with Gasteiger partial charge in [-0.15, -0.1) is 11.8 Å². The molecule has 0 aliphatic carbocycles. The molecule has 67 heavy (non-hydrogen) atoms. The highest BCUT2D eigenvalue weighted by atomic mass is 32.2. The smallest absolute Gasteiger partial charge is 0.306 e. The van der Waals surface area contributed by atoms with Gasteiger partial charge in [0, 0.05) is 68.6 Å². The minimum absolute atomic E-state index is 0.00576. The van der Waals surface area contributed by atoms with Gasteiger partial charge in [-0.3, -0.25) is 28.9 Å². The Labute approximate surface area is 398 Å². The van der Waals surface area contributed by atoms with E-state index in [1.165, 1.54) is 23.9 Å². The molecular weight excluding hydrogens is 887 g/mol. The molecule has 1 aliphatic heterocycles. The number of carbonyl (C=O) groups is 5. The van der Waals surface area contributed by atoms with Crippen LogP contribution in [0, 0.1) is 17.0 Å². The van der Waals surface area contributed by atoms with Crippen molar-refractivity contribution in [3.8, 4) is 11.3 Å². The SMILES string of the molecule is CC(C)(C)OC(=O)CCCCN(C(=O)CSCCOCCOCCOCCOCCC(=O)CCCN1C(=O)C=CC1=O)[C@@H](c1nc(-c2cc(F)ccc2F)cn1Cc1ccccc1)C(C)(C)C. The van der Waals surface area contributed by atoms with Gasteiger partial charge in [-0.1, -0.05) is 51.1 Å². The second-order valence-corrected chi connectivity index (χ2v) is 19.3. The molecule has 4 rings (SSSR count). The monoisotopic (exact) mass is 954 g/mol. The molecule has 0 saturated heterocycles. The number of imidazole rings is 1.